The number of benzene rings is 1. The Hall–Kier alpha value is -0.0331. The van der Waals surface area contributed by atoms with Crippen LogP contribution in [0, 0.1) is 0 Å². The van der Waals surface area contributed by atoms with Gasteiger partial charge in [0.05, 0.1) is 6.10 Å². The molecule has 1 atom stereocenters. The van der Waals surface area contributed by atoms with E-state index in [-0.39, 0.29) is 67.2 Å². The predicted octanol–water partition coefficient (Wildman–Crippen LogP) is 2.41. The normalized spacial score (nSPS) is 16.1. The van der Waals surface area contributed by atoms with Crippen LogP contribution in [0.1, 0.15) is 64.3 Å². The summed E-state index contributed by atoms with van der Waals surface area (Å²) in [5.74, 6) is 1.00. The second kappa shape index (κ2) is 11.4. The summed E-state index contributed by atoms with van der Waals surface area (Å²) in [6.45, 7) is 23.1. The van der Waals surface area contributed by atoms with Crippen molar-refractivity contribution in [1.82, 2.24) is 0 Å². The first-order valence-corrected chi connectivity index (χ1v) is 16.9. The Morgan fingerprint density at radius 2 is 1.30 bits per heavy atom. The molecule has 0 spiro atoms. The van der Waals surface area contributed by atoms with E-state index < -0.39 is 16.6 Å². The Kier molecular flexibility index (Phi) is 11.3. The zero-order valence-electron chi connectivity index (χ0n) is 21.8. The SMILES string of the molecule is CC(C)(C)[Si](C)(C)Oc1cccc2c1C(O[Si](C)(C)C(C)(C)C)C([c-]1cccc1)=C2.[Cl-].[Cl-].[Zr+3]. The first-order chi connectivity index (χ1) is 13.6. The number of halogens is 2. The molecule has 2 nitrogen and oxygen atoms in total. The van der Waals surface area contributed by atoms with Crippen LogP contribution < -0.4 is 29.2 Å². The molecule has 3 rings (SSSR count). The maximum Gasteiger partial charge on any atom is 3.00 e. The van der Waals surface area contributed by atoms with E-state index in [4.69, 9.17) is 8.85 Å². The van der Waals surface area contributed by atoms with Crippen molar-refractivity contribution in [2.45, 2.75) is 83.9 Å². The summed E-state index contributed by atoms with van der Waals surface area (Å²) in [5.41, 5.74) is 4.94. The van der Waals surface area contributed by atoms with Crippen LogP contribution in [0.5, 0.6) is 5.75 Å². The molecule has 7 heteroatoms. The van der Waals surface area contributed by atoms with Crippen molar-refractivity contribution in [1.29, 1.82) is 0 Å². The number of hydrogen-bond donors (Lipinski definition) is 0. The number of rotatable bonds is 5. The maximum absolute atomic E-state index is 7.07. The summed E-state index contributed by atoms with van der Waals surface area (Å²) in [6, 6.07) is 15.1. The van der Waals surface area contributed by atoms with Gasteiger partial charge in [-0.2, -0.15) is 12.1 Å². The molecule has 0 aliphatic heterocycles. The molecule has 0 amide bonds. The zero-order valence-corrected chi connectivity index (χ0v) is 27.7. The largest absolute Gasteiger partial charge is 3.00 e. The number of hydrogen-bond acceptors (Lipinski definition) is 2. The Morgan fingerprint density at radius 1 is 0.788 bits per heavy atom. The predicted molar refractivity (Wildman–Crippen MR) is 135 cm³/mol. The molecule has 2 aromatic rings. The summed E-state index contributed by atoms with van der Waals surface area (Å²) in [6.07, 6.45) is 2.23. The molecule has 1 radical (unpaired) electrons. The molecule has 0 heterocycles. The standard InChI is InChI=1S/C26H39O2Si2.2ClH.Zr/c1-25(2,3)29(7,8)27-22-17-13-16-20-18-21(19-14-11-12-15-19)24(23(20)22)28-30(9,10)26(4,5)6;;;/h11-18,24H,1-10H3;2*1H;/q-1;;;+3/p-2. The van der Waals surface area contributed by atoms with Crippen molar-refractivity contribution in [3.63, 3.8) is 0 Å². The fraction of sp³-hybridized carbons (Fsp3) is 0.500. The van der Waals surface area contributed by atoms with E-state index in [1.54, 1.807) is 0 Å². The van der Waals surface area contributed by atoms with Crippen LogP contribution >= 0.6 is 0 Å². The fourth-order valence-electron chi connectivity index (χ4n) is 3.28. The van der Waals surface area contributed by atoms with Crippen LogP contribution in [0.3, 0.4) is 0 Å². The zero-order chi connectivity index (χ0) is 22.5. The van der Waals surface area contributed by atoms with Gasteiger partial charge in [-0.3, -0.25) is 0 Å². The summed E-state index contributed by atoms with van der Waals surface area (Å²) in [5, 5.41) is 0.286. The minimum absolute atomic E-state index is 0. The van der Waals surface area contributed by atoms with Crippen LogP contribution in [0.25, 0.3) is 11.6 Å². The van der Waals surface area contributed by atoms with Gasteiger partial charge in [-0.05, 0) is 42.3 Å². The van der Waals surface area contributed by atoms with Crippen LogP contribution in [0.2, 0.25) is 36.3 Å². The molecule has 0 bridgehead atoms. The van der Waals surface area contributed by atoms with Crippen molar-refractivity contribution in [3.05, 3.63) is 59.2 Å². The Balaban J connectivity index is 0.00000341. The minimum atomic E-state index is -2.00. The van der Waals surface area contributed by atoms with Gasteiger partial charge in [0.1, 0.15) is 5.75 Å². The molecule has 1 aliphatic carbocycles. The third-order valence-corrected chi connectivity index (χ3v) is 16.1. The summed E-state index contributed by atoms with van der Waals surface area (Å²) >= 11 is 0. The Labute approximate surface area is 235 Å². The molecule has 0 saturated carbocycles. The van der Waals surface area contributed by atoms with E-state index in [1.165, 1.54) is 22.3 Å². The van der Waals surface area contributed by atoms with Gasteiger partial charge in [0.25, 0.3) is 0 Å². The van der Waals surface area contributed by atoms with Gasteiger partial charge in [0, 0.05) is 5.56 Å². The molecule has 1 aliphatic rings. The quantitative estimate of drug-likeness (QED) is 0.387. The Bertz CT molecular complexity index is 940. The van der Waals surface area contributed by atoms with Crippen molar-refractivity contribution in [2.75, 3.05) is 0 Å². The van der Waals surface area contributed by atoms with Crippen LogP contribution in [-0.4, -0.2) is 16.6 Å². The molecule has 0 aromatic heterocycles. The molecule has 33 heavy (non-hydrogen) atoms. The molecule has 0 fully saturated rings. The molecule has 0 N–H and O–H groups in total. The Morgan fingerprint density at radius 3 is 1.79 bits per heavy atom. The van der Waals surface area contributed by atoms with Gasteiger partial charge >= 0.3 is 26.2 Å². The maximum atomic E-state index is 7.07. The third-order valence-electron chi connectivity index (χ3n) is 7.34. The smallest absolute Gasteiger partial charge is 1.00 e. The second-order valence-electron chi connectivity index (χ2n) is 11.7. The van der Waals surface area contributed by atoms with Gasteiger partial charge in [0.15, 0.2) is 8.32 Å². The van der Waals surface area contributed by atoms with Gasteiger partial charge in [0.2, 0.25) is 8.32 Å². The molecule has 181 valence electrons. The third kappa shape index (κ3) is 6.80. The van der Waals surface area contributed by atoms with Crippen molar-refractivity contribution < 1.29 is 59.9 Å². The molecular weight excluding hydrogens is 563 g/mol. The van der Waals surface area contributed by atoms with Crippen molar-refractivity contribution in [2.24, 2.45) is 0 Å². The summed E-state index contributed by atoms with van der Waals surface area (Å²) in [4.78, 5) is 0. The first-order valence-electron chi connectivity index (χ1n) is 11.1. The first kappa shape index (κ1) is 33.0. The summed E-state index contributed by atoms with van der Waals surface area (Å²) < 4.78 is 13.9. The van der Waals surface area contributed by atoms with Gasteiger partial charge in [-0.15, -0.1) is 23.8 Å². The van der Waals surface area contributed by atoms with E-state index in [2.05, 4.69) is 116 Å². The average Bonchev–Trinajstić information content (AvgIpc) is 3.20. The van der Waals surface area contributed by atoms with Gasteiger partial charge in [-0.1, -0.05) is 64.8 Å². The second-order valence-corrected chi connectivity index (χ2v) is 21.1. The van der Waals surface area contributed by atoms with E-state index >= 15 is 0 Å². The van der Waals surface area contributed by atoms with E-state index in [0.717, 1.165) is 5.75 Å². The molecule has 0 saturated heterocycles. The van der Waals surface area contributed by atoms with Crippen LogP contribution in [0.15, 0.2) is 42.5 Å². The van der Waals surface area contributed by atoms with Gasteiger partial charge < -0.3 is 33.7 Å². The monoisotopic (exact) mass is 599 g/mol. The minimum Gasteiger partial charge on any atom is -1.00 e. The van der Waals surface area contributed by atoms with Crippen LogP contribution in [0.4, 0.5) is 0 Å². The molecule has 2 aromatic carbocycles. The van der Waals surface area contributed by atoms with Crippen molar-refractivity contribution in [3.8, 4) is 5.75 Å². The summed E-state index contributed by atoms with van der Waals surface area (Å²) in [7, 11) is -3.96. The topological polar surface area (TPSA) is 18.5 Å². The van der Waals surface area contributed by atoms with Crippen LogP contribution in [-0.2, 0) is 30.6 Å². The number of fused-ring (bicyclic) bond motifs is 1. The fourth-order valence-corrected chi connectivity index (χ4v) is 5.50. The van der Waals surface area contributed by atoms with E-state index in [1.807, 2.05) is 0 Å². The van der Waals surface area contributed by atoms with Gasteiger partial charge in [-0.25, -0.2) is 0 Å². The molecule has 1 unspecified atom stereocenters. The average molecular weight is 602 g/mol. The van der Waals surface area contributed by atoms with E-state index in [9.17, 15) is 0 Å². The molecular formula is C26H39Cl2O2Si2Zr. The van der Waals surface area contributed by atoms with E-state index in [0.29, 0.717) is 0 Å². The van der Waals surface area contributed by atoms with Crippen molar-refractivity contribution >= 4 is 28.3 Å².